The average molecular weight is 511 g/mol. The van der Waals surface area contributed by atoms with Gasteiger partial charge in [0.2, 0.25) is 17.7 Å². The maximum Gasteiger partial charge on any atom is 0.328 e. The van der Waals surface area contributed by atoms with Crippen molar-refractivity contribution in [2.24, 2.45) is 5.73 Å². The molecular weight excluding hydrogens is 480 g/mol. The van der Waals surface area contributed by atoms with Crippen LogP contribution in [0.5, 0.6) is 0 Å². The fraction of sp³-hybridized carbons (Fsp3) is 0.500. The molecule has 2 rings (SSSR count). The number of carboxylic acid groups (broad SMARTS) is 1. The van der Waals surface area contributed by atoms with Gasteiger partial charge in [0.1, 0.15) is 18.1 Å². The number of carboxylic acids is 1. The second-order valence-corrected chi connectivity index (χ2v) is 8.64. The van der Waals surface area contributed by atoms with E-state index in [2.05, 4.69) is 35.9 Å². The van der Waals surface area contributed by atoms with E-state index in [1.807, 2.05) is 6.26 Å². The number of nitrogens with two attached hydrogens (primary N) is 1. The van der Waals surface area contributed by atoms with Crippen LogP contribution in [0.1, 0.15) is 17.8 Å². The largest absolute Gasteiger partial charge is 0.480 e. The van der Waals surface area contributed by atoms with Gasteiger partial charge >= 0.3 is 5.97 Å². The molecule has 15 heteroatoms. The summed E-state index contributed by atoms with van der Waals surface area (Å²) in [6, 6.07) is -4.68. The number of carbonyl (C=O) groups is 4. The normalized spacial score (nSPS) is 14.4. The zero-order chi connectivity index (χ0) is 25.8. The molecule has 2 aromatic heterocycles. The smallest absolute Gasteiger partial charge is 0.328 e. The molecule has 192 valence electrons. The highest BCUT2D eigenvalue weighted by Crippen LogP contribution is 2.06. The summed E-state index contributed by atoms with van der Waals surface area (Å²) in [6.45, 7) is -0.827. The molecule has 3 amide bonds. The Hall–Kier alpha value is -3.43. The number of thioether (sulfide) groups is 1. The number of amides is 3. The number of hydrogen-bond donors (Lipinski definition) is 8. The predicted molar refractivity (Wildman–Crippen MR) is 126 cm³/mol. The number of carbonyl (C=O) groups excluding carboxylic acids is 3. The van der Waals surface area contributed by atoms with Crippen LogP contribution in [-0.2, 0) is 32.0 Å². The number of aliphatic hydroxyl groups excluding tert-OH is 1. The number of aliphatic hydroxyl groups is 1. The monoisotopic (exact) mass is 510 g/mol. The molecule has 14 nitrogen and oxygen atoms in total. The summed E-state index contributed by atoms with van der Waals surface area (Å²) in [6.07, 6.45) is 8.12. The lowest BCUT2D eigenvalue weighted by molar-refractivity contribution is -0.143. The number of aromatic amines is 2. The summed E-state index contributed by atoms with van der Waals surface area (Å²) in [4.78, 5) is 63.1. The first-order chi connectivity index (χ1) is 16.7. The van der Waals surface area contributed by atoms with Crippen molar-refractivity contribution in [3.05, 3.63) is 36.4 Å². The number of aromatic nitrogens is 4. The van der Waals surface area contributed by atoms with Gasteiger partial charge in [-0.15, -0.1) is 0 Å². The Labute approximate surface area is 205 Å². The maximum absolute atomic E-state index is 13.1. The van der Waals surface area contributed by atoms with Crippen molar-refractivity contribution in [1.82, 2.24) is 35.9 Å². The zero-order valence-corrected chi connectivity index (χ0v) is 19.9. The van der Waals surface area contributed by atoms with Crippen molar-refractivity contribution in [1.29, 1.82) is 0 Å². The summed E-state index contributed by atoms with van der Waals surface area (Å²) >= 11 is 1.47. The Morgan fingerprint density at radius 3 is 2.00 bits per heavy atom. The highest BCUT2D eigenvalue weighted by molar-refractivity contribution is 7.98. The lowest BCUT2D eigenvalue weighted by Gasteiger charge is -2.24. The van der Waals surface area contributed by atoms with E-state index in [9.17, 15) is 24.3 Å². The predicted octanol–water partition coefficient (Wildman–Crippen LogP) is -2.47. The number of H-pyrrole nitrogens is 2. The lowest BCUT2D eigenvalue weighted by atomic mass is 10.1. The van der Waals surface area contributed by atoms with Gasteiger partial charge in [-0.1, -0.05) is 0 Å². The van der Waals surface area contributed by atoms with Crippen LogP contribution in [0.3, 0.4) is 0 Å². The topological polar surface area (TPSA) is 228 Å². The second-order valence-electron chi connectivity index (χ2n) is 7.65. The number of rotatable bonds is 15. The van der Waals surface area contributed by atoms with Crippen molar-refractivity contribution in [2.45, 2.75) is 43.4 Å². The summed E-state index contributed by atoms with van der Waals surface area (Å²) in [5.74, 6) is -2.90. The first-order valence-electron chi connectivity index (χ1n) is 10.7. The molecule has 0 aliphatic carbocycles. The van der Waals surface area contributed by atoms with Gasteiger partial charge in [0, 0.05) is 36.6 Å². The SMILES string of the molecule is CSCCC(NC(=O)C(N)Cc1cnc[nH]1)C(=O)NC(Cc1cnc[nH]1)C(=O)NC(CO)C(=O)O. The van der Waals surface area contributed by atoms with Crippen LogP contribution >= 0.6 is 11.8 Å². The highest BCUT2D eigenvalue weighted by atomic mass is 32.2. The quantitative estimate of drug-likeness (QED) is 0.126. The number of aliphatic carboxylic acids is 1. The number of nitrogens with zero attached hydrogens (tertiary/aromatic N) is 2. The highest BCUT2D eigenvalue weighted by Gasteiger charge is 2.30. The number of imidazole rings is 2. The van der Waals surface area contributed by atoms with Crippen molar-refractivity contribution in [2.75, 3.05) is 18.6 Å². The van der Waals surface area contributed by atoms with Crippen LogP contribution in [0.4, 0.5) is 0 Å². The van der Waals surface area contributed by atoms with Gasteiger partial charge in [-0.2, -0.15) is 11.8 Å². The number of hydrogen-bond acceptors (Lipinski definition) is 9. The standard InChI is InChI=1S/C20H30N8O6S/c1-35-3-2-14(26-17(30)13(21)4-11-6-22-9-24-11)18(31)27-15(5-12-7-23-10-25-12)19(32)28-16(8-29)20(33)34/h6-7,9-10,13-16,29H,2-5,8,21H2,1H3,(H,22,24)(H,23,25)(H,26,30)(H,27,31)(H,28,32)(H,33,34). The molecule has 2 heterocycles. The molecule has 0 fully saturated rings. The van der Waals surface area contributed by atoms with Gasteiger partial charge in [0.05, 0.1) is 25.3 Å². The summed E-state index contributed by atoms with van der Waals surface area (Å²) in [5.41, 5.74) is 7.14. The first-order valence-corrected chi connectivity index (χ1v) is 12.1. The third kappa shape index (κ3) is 9.03. The molecule has 0 aromatic carbocycles. The zero-order valence-electron chi connectivity index (χ0n) is 19.1. The van der Waals surface area contributed by atoms with E-state index >= 15 is 0 Å². The van der Waals surface area contributed by atoms with E-state index < -0.39 is 54.5 Å². The first kappa shape index (κ1) is 27.8. The molecule has 0 spiro atoms. The summed E-state index contributed by atoms with van der Waals surface area (Å²) in [5, 5.41) is 25.7. The van der Waals surface area contributed by atoms with Crippen molar-refractivity contribution < 1.29 is 29.4 Å². The van der Waals surface area contributed by atoms with E-state index in [0.717, 1.165) is 0 Å². The average Bonchev–Trinajstić information content (AvgIpc) is 3.53. The lowest BCUT2D eigenvalue weighted by Crippen LogP contribution is -2.58. The van der Waals surface area contributed by atoms with Crippen molar-refractivity contribution in [3.8, 4) is 0 Å². The van der Waals surface area contributed by atoms with Crippen LogP contribution in [0.15, 0.2) is 25.0 Å². The Kier molecular flexibility index (Phi) is 11.2. The Bertz CT molecular complexity index is 955. The van der Waals surface area contributed by atoms with Crippen molar-refractivity contribution >= 4 is 35.5 Å². The Morgan fingerprint density at radius 2 is 1.49 bits per heavy atom. The van der Waals surface area contributed by atoms with E-state index in [1.54, 1.807) is 6.20 Å². The van der Waals surface area contributed by atoms with Crippen LogP contribution in [0.25, 0.3) is 0 Å². The van der Waals surface area contributed by atoms with Crippen LogP contribution in [0, 0.1) is 0 Å². The van der Waals surface area contributed by atoms with Crippen LogP contribution < -0.4 is 21.7 Å². The third-order valence-electron chi connectivity index (χ3n) is 4.98. The fourth-order valence-electron chi connectivity index (χ4n) is 3.06. The van der Waals surface area contributed by atoms with Gasteiger partial charge in [-0.3, -0.25) is 14.4 Å². The Morgan fingerprint density at radius 1 is 0.943 bits per heavy atom. The molecule has 0 aliphatic heterocycles. The molecule has 0 saturated heterocycles. The van der Waals surface area contributed by atoms with E-state index in [-0.39, 0.29) is 19.3 Å². The molecule has 9 N–H and O–H groups in total. The van der Waals surface area contributed by atoms with Gasteiger partial charge in [0.15, 0.2) is 0 Å². The summed E-state index contributed by atoms with van der Waals surface area (Å²) in [7, 11) is 0. The molecule has 0 aliphatic rings. The van der Waals surface area contributed by atoms with E-state index in [0.29, 0.717) is 17.1 Å². The minimum absolute atomic E-state index is 0.0299. The third-order valence-corrected chi connectivity index (χ3v) is 5.63. The van der Waals surface area contributed by atoms with Gasteiger partial charge < -0.3 is 41.9 Å². The second kappa shape index (κ2) is 14.1. The van der Waals surface area contributed by atoms with Gasteiger partial charge in [-0.05, 0) is 18.4 Å². The van der Waals surface area contributed by atoms with E-state index in [1.165, 1.54) is 30.6 Å². The molecular formula is C20H30N8O6S. The molecule has 0 radical (unpaired) electrons. The maximum atomic E-state index is 13.1. The van der Waals surface area contributed by atoms with E-state index in [4.69, 9.17) is 10.8 Å². The molecule has 4 atom stereocenters. The minimum Gasteiger partial charge on any atom is -0.480 e. The molecule has 4 unspecified atom stereocenters. The fourth-order valence-corrected chi connectivity index (χ4v) is 3.54. The summed E-state index contributed by atoms with van der Waals surface area (Å²) < 4.78 is 0. The molecule has 35 heavy (non-hydrogen) atoms. The van der Waals surface area contributed by atoms with Crippen LogP contribution in [-0.4, -0.2) is 96.6 Å². The van der Waals surface area contributed by atoms with Crippen molar-refractivity contribution in [3.63, 3.8) is 0 Å². The molecule has 0 bridgehead atoms. The minimum atomic E-state index is -1.55. The Balaban J connectivity index is 2.12. The van der Waals surface area contributed by atoms with Gasteiger partial charge in [-0.25, -0.2) is 14.8 Å². The van der Waals surface area contributed by atoms with Crippen LogP contribution in [0.2, 0.25) is 0 Å². The molecule has 0 saturated carbocycles. The molecule has 2 aromatic rings. The van der Waals surface area contributed by atoms with Gasteiger partial charge in [0.25, 0.3) is 0 Å². The number of nitrogens with one attached hydrogen (secondary N) is 5.